The molecule has 0 aliphatic carbocycles. The van der Waals surface area contributed by atoms with Gasteiger partial charge in [0.05, 0.1) is 60.6 Å². The standard InChI is InChI=1S/C54H70N4O21S5/c1-53(21-13-33-80(60,61)62)48(58(24-26-75-3)45-20-18-40-42(51(45)53)34-38(81(63,64)65)36-46(40)83(69,70)71)14-9-6-5-7-10-15-49-54(2,22-25-77-29-30-79-32-31-78-28-27-76-4)52-43-35-39(82(66,67)68)37-47(84(72,73)74)41(43)17-19-44(52)57(49)23-12-8-11-16-50(59)56-55/h5-7,9-10,14-15,17-20,34-37H,8,11-13,16,21-33,55H2,1-4H3,(H5-,56,59,60,61,62,63,64,65,66,67,68,69,70,71,72,73,74)/p+1. The van der Waals surface area contributed by atoms with Gasteiger partial charge < -0.3 is 28.6 Å². The van der Waals surface area contributed by atoms with Crippen molar-refractivity contribution >= 4 is 95.1 Å². The first-order valence-electron chi connectivity index (χ1n) is 26.3. The number of hydrogen-bond donors (Lipinski definition) is 7. The first-order valence-corrected chi connectivity index (χ1v) is 33.7. The van der Waals surface area contributed by atoms with Crippen LogP contribution in [0.3, 0.4) is 0 Å². The Hall–Kier alpha value is -5.39. The van der Waals surface area contributed by atoms with E-state index in [9.17, 15) is 69.6 Å². The van der Waals surface area contributed by atoms with Crippen LogP contribution in [0.1, 0.15) is 69.9 Å². The Morgan fingerprint density at radius 1 is 0.595 bits per heavy atom. The van der Waals surface area contributed by atoms with Crippen LogP contribution in [0.2, 0.25) is 0 Å². The predicted molar refractivity (Wildman–Crippen MR) is 312 cm³/mol. The van der Waals surface area contributed by atoms with Gasteiger partial charge >= 0.3 is 0 Å². The number of nitrogens with two attached hydrogens (primary N) is 1. The Morgan fingerprint density at radius 2 is 1.13 bits per heavy atom. The molecule has 6 rings (SSSR count). The maximum Gasteiger partial charge on any atom is 0.295 e. The number of ether oxygens (including phenoxy) is 5. The number of carbonyl (C=O) groups is 1. The summed E-state index contributed by atoms with van der Waals surface area (Å²) < 4.78 is 206. The largest absolute Gasteiger partial charge is 0.382 e. The molecule has 0 bridgehead atoms. The van der Waals surface area contributed by atoms with E-state index in [1.807, 2.05) is 22.5 Å². The van der Waals surface area contributed by atoms with Gasteiger partial charge in [-0.3, -0.25) is 33.0 Å². The molecule has 25 nitrogen and oxygen atoms in total. The molecule has 0 fully saturated rings. The van der Waals surface area contributed by atoms with Crippen molar-refractivity contribution in [3.05, 3.63) is 108 Å². The van der Waals surface area contributed by atoms with E-state index in [1.54, 1.807) is 62.6 Å². The van der Waals surface area contributed by atoms with Gasteiger partial charge in [0.1, 0.15) is 16.4 Å². The van der Waals surface area contributed by atoms with Crippen LogP contribution >= 0.6 is 0 Å². The van der Waals surface area contributed by atoms with Crippen molar-refractivity contribution < 1.29 is 97.9 Å². The minimum absolute atomic E-state index is 0.00920. The highest BCUT2D eigenvalue weighted by Crippen LogP contribution is 2.54. The lowest BCUT2D eigenvalue weighted by Gasteiger charge is -2.31. The lowest BCUT2D eigenvalue weighted by molar-refractivity contribution is -0.441. The van der Waals surface area contributed by atoms with Crippen LogP contribution < -0.4 is 16.2 Å². The number of hydrazine groups is 1. The van der Waals surface area contributed by atoms with Crippen LogP contribution in [0.5, 0.6) is 0 Å². The van der Waals surface area contributed by atoms with Crippen LogP contribution in [0.15, 0.2) is 116 Å². The Labute approximate surface area is 489 Å². The number of hydrogen-bond acceptors (Lipinski definition) is 18. The third-order valence-electron chi connectivity index (χ3n) is 14.6. The normalized spacial score (nSPS) is 18.5. The smallest absolute Gasteiger partial charge is 0.295 e. The number of amides is 1. The molecule has 0 saturated carbocycles. The first-order chi connectivity index (χ1) is 39.4. The van der Waals surface area contributed by atoms with Crippen LogP contribution in [0, 0.1) is 0 Å². The minimum atomic E-state index is -5.10. The number of methoxy groups -OCH3 is 2. The van der Waals surface area contributed by atoms with Gasteiger partial charge in [-0.1, -0.05) is 42.9 Å². The van der Waals surface area contributed by atoms with Gasteiger partial charge in [-0.25, -0.2) is 5.84 Å². The van der Waals surface area contributed by atoms with E-state index in [4.69, 9.17) is 29.5 Å². The average Bonchev–Trinajstić information content (AvgIpc) is 1.56. The van der Waals surface area contributed by atoms with E-state index in [1.165, 1.54) is 19.2 Å². The summed E-state index contributed by atoms with van der Waals surface area (Å²) in [4.78, 5) is 10.8. The van der Waals surface area contributed by atoms with Crippen molar-refractivity contribution in [2.45, 2.75) is 89.2 Å². The molecule has 462 valence electrons. The molecule has 0 aromatic heterocycles. The molecular weight excluding hydrogens is 1200 g/mol. The van der Waals surface area contributed by atoms with E-state index >= 15 is 0 Å². The molecule has 2 aliphatic rings. The zero-order valence-electron chi connectivity index (χ0n) is 46.7. The van der Waals surface area contributed by atoms with Gasteiger partial charge in [-0.05, 0) is 105 Å². The molecule has 0 spiro atoms. The third-order valence-corrected chi connectivity index (χ3v) is 18.8. The van der Waals surface area contributed by atoms with E-state index in [-0.39, 0.29) is 86.1 Å². The average molecular weight is 1270 g/mol. The van der Waals surface area contributed by atoms with Crippen LogP contribution in [-0.2, 0) is 89.9 Å². The summed E-state index contributed by atoms with van der Waals surface area (Å²) in [6.45, 7) is 6.22. The number of nitrogens with one attached hydrogen (secondary N) is 1. The second-order valence-electron chi connectivity index (χ2n) is 20.2. The van der Waals surface area contributed by atoms with Crippen LogP contribution in [0.4, 0.5) is 11.4 Å². The Balaban J connectivity index is 1.44. The van der Waals surface area contributed by atoms with Crippen molar-refractivity contribution in [2.75, 3.05) is 90.8 Å². The fraction of sp³-hybridized carbons (Fsp3) is 0.444. The molecule has 2 unspecified atom stereocenters. The molecule has 0 radical (unpaired) electrons. The molecule has 2 heterocycles. The van der Waals surface area contributed by atoms with Gasteiger partial charge in [0.2, 0.25) is 11.6 Å². The highest BCUT2D eigenvalue weighted by Gasteiger charge is 2.49. The maximum absolute atomic E-state index is 12.9. The molecule has 4 aromatic rings. The van der Waals surface area contributed by atoms with Gasteiger partial charge in [0, 0.05) is 79.1 Å². The number of benzene rings is 4. The van der Waals surface area contributed by atoms with Crippen molar-refractivity contribution in [3.63, 3.8) is 0 Å². The zero-order chi connectivity index (χ0) is 61.9. The van der Waals surface area contributed by atoms with Crippen molar-refractivity contribution in [1.29, 1.82) is 0 Å². The Bertz CT molecular complexity index is 3850. The molecule has 2 atom stereocenters. The van der Waals surface area contributed by atoms with E-state index in [0.717, 1.165) is 12.1 Å². The van der Waals surface area contributed by atoms with Crippen LogP contribution in [0.25, 0.3) is 21.5 Å². The number of fused-ring (bicyclic) bond motifs is 6. The van der Waals surface area contributed by atoms with Gasteiger partial charge in [-0.2, -0.15) is 46.7 Å². The topological polar surface area (TPSA) is 379 Å². The second-order valence-corrected chi connectivity index (χ2v) is 27.4. The molecule has 2 aliphatic heterocycles. The summed E-state index contributed by atoms with van der Waals surface area (Å²) in [6.07, 6.45) is 13.8. The summed E-state index contributed by atoms with van der Waals surface area (Å²) in [6, 6.07) is 9.58. The number of carbonyl (C=O) groups excluding carboxylic acids is 1. The molecular formula is C54H71N4O21S5+. The second kappa shape index (κ2) is 28.4. The minimum Gasteiger partial charge on any atom is -0.382 e. The van der Waals surface area contributed by atoms with Gasteiger partial charge in [-0.15, -0.1) is 0 Å². The number of nitrogens with zero attached hydrogens (tertiary/aromatic N) is 2. The predicted octanol–water partition coefficient (Wildman–Crippen LogP) is 5.62. The molecule has 30 heteroatoms. The number of anilines is 1. The van der Waals surface area contributed by atoms with Crippen molar-refractivity contribution in [1.82, 2.24) is 5.43 Å². The highest BCUT2D eigenvalue weighted by atomic mass is 32.2. The summed E-state index contributed by atoms with van der Waals surface area (Å²) in [5, 5.41) is 0.00908. The lowest BCUT2D eigenvalue weighted by atomic mass is 9.74. The summed E-state index contributed by atoms with van der Waals surface area (Å²) in [7, 11) is -21.7. The third kappa shape index (κ3) is 16.6. The SMILES string of the molecule is COCCOCCOCCOCCC1(C)C(=CC=CC=CC=CC2=[N+](CCOC)c3ccc4c(S(=O)(=O)O)cc(S(=O)(=O)O)cc4c3C2(C)CCCS(=O)(=O)O)N(CCCCCC(=O)NN)c2ccc3c(S(=O)(=O)O)cc(S(=O)(=O)O)cc3c21. The molecule has 1 amide bonds. The number of unbranched alkanes of at least 4 members (excludes halogenated alkanes) is 2. The van der Waals surface area contributed by atoms with Gasteiger partial charge in [0.25, 0.3) is 50.6 Å². The van der Waals surface area contributed by atoms with Crippen LogP contribution in [-0.4, -0.2) is 167 Å². The Kier molecular flexibility index (Phi) is 22.9. The summed E-state index contributed by atoms with van der Waals surface area (Å²) >= 11 is 0. The van der Waals surface area contributed by atoms with E-state index in [2.05, 4.69) is 5.43 Å². The number of rotatable bonds is 33. The van der Waals surface area contributed by atoms with E-state index < -0.39 is 86.8 Å². The molecule has 4 aromatic carbocycles. The Morgan fingerprint density at radius 3 is 1.68 bits per heavy atom. The van der Waals surface area contributed by atoms with Gasteiger partial charge in [0.15, 0.2) is 12.3 Å². The van der Waals surface area contributed by atoms with Crippen molar-refractivity contribution in [3.8, 4) is 0 Å². The highest BCUT2D eigenvalue weighted by molar-refractivity contribution is 7.87. The van der Waals surface area contributed by atoms with Crippen molar-refractivity contribution in [2.24, 2.45) is 5.84 Å². The summed E-state index contributed by atoms with van der Waals surface area (Å²) in [5.74, 6) is 4.30. The number of allylic oxidation sites excluding steroid dienone is 8. The molecule has 0 saturated heterocycles. The monoisotopic (exact) mass is 1270 g/mol. The zero-order valence-corrected chi connectivity index (χ0v) is 50.8. The molecule has 8 N–H and O–H groups in total. The first kappa shape index (κ1) is 67.7. The fourth-order valence-electron chi connectivity index (χ4n) is 10.8. The van der Waals surface area contributed by atoms with E-state index in [0.29, 0.717) is 98.3 Å². The molecule has 84 heavy (non-hydrogen) atoms. The quantitative estimate of drug-likeness (QED) is 0.00579. The lowest BCUT2D eigenvalue weighted by Crippen LogP contribution is -2.32. The fourth-order valence-corrected chi connectivity index (χ4v) is 13.9. The summed E-state index contributed by atoms with van der Waals surface area (Å²) in [5.41, 5.74) is 2.70. The maximum atomic E-state index is 12.9.